The molecule has 2 N–H and O–H groups in total. The first kappa shape index (κ1) is 19.3. The van der Waals surface area contributed by atoms with Crippen LogP contribution in [0.15, 0.2) is 66.7 Å². The molecule has 5 nitrogen and oxygen atoms in total. The van der Waals surface area contributed by atoms with Crippen LogP contribution in [0.25, 0.3) is 10.8 Å². The van der Waals surface area contributed by atoms with E-state index in [2.05, 4.69) is 41.0 Å². The SMILES string of the molecule is O=C(Nc1ccc2ccc(CCCOc3ccccc3)cc2c1)N1CCNCC1. The average molecular weight is 389 g/mol. The number of ether oxygens (including phenoxy) is 1. The van der Waals surface area contributed by atoms with E-state index < -0.39 is 0 Å². The Morgan fingerprint density at radius 1 is 0.966 bits per heavy atom. The normalized spacial score (nSPS) is 14.0. The van der Waals surface area contributed by atoms with Crippen molar-refractivity contribution in [1.82, 2.24) is 10.2 Å². The van der Waals surface area contributed by atoms with E-state index in [4.69, 9.17) is 4.74 Å². The van der Waals surface area contributed by atoms with Crippen LogP contribution in [0, 0.1) is 0 Å². The molecule has 29 heavy (non-hydrogen) atoms. The van der Waals surface area contributed by atoms with Crippen LogP contribution in [0.4, 0.5) is 10.5 Å². The van der Waals surface area contributed by atoms with Crippen molar-refractivity contribution in [3.63, 3.8) is 0 Å². The molecule has 3 aromatic rings. The predicted molar refractivity (Wildman–Crippen MR) is 118 cm³/mol. The average Bonchev–Trinajstić information content (AvgIpc) is 2.78. The van der Waals surface area contributed by atoms with Crippen molar-refractivity contribution >= 4 is 22.5 Å². The minimum Gasteiger partial charge on any atom is -0.494 e. The highest BCUT2D eigenvalue weighted by Crippen LogP contribution is 2.22. The molecule has 1 heterocycles. The maximum Gasteiger partial charge on any atom is 0.321 e. The molecule has 3 aromatic carbocycles. The van der Waals surface area contributed by atoms with Crippen LogP contribution in [0.2, 0.25) is 0 Å². The molecular formula is C24H27N3O2. The Bertz CT molecular complexity index is 953. The number of anilines is 1. The number of fused-ring (bicyclic) bond motifs is 1. The first-order chi connectivity index (χ1) is 14.3. The van der Waals surface area contributed by atoms with Crippen molar-refractivity contribution in [2.45, 2.75) is 12.8 Å². The van der Waals surface area contributed by atoms with Gasteiger partial charge in [-0.25, -0.2) is 4.79 Å². The molecule has 0 aliphatic carbocycles. The van der Waals surface area contributed by atoms with Crippen molar-refractivity contribution in [3.05, 3.63) is 72.3 Å². The summed E-state index contributed by atoms with van der Waals surface area (Å²) in [6, 6.07) is 22.5. The number of benzene rings is 3. The molecule has 150 valence electrons. The van der Waals surface area contributed by atoms with E-state index in [0.717, 1.165) is 55.8 Å². The summed E-state index contributed by atoms with van der Waals surface area (Å²) in [6.45, 7) is 3.89. The smallest absolute Gasteiger partial charge is 0.321 e. The molecule has 0 saturated carbocycles. The molecule has 1 fully saturated rings. The Morgan fingerprint density at radius 2 is 1.76 bits per heavy atom. The van der Waals surface area contributed by atoms with Gasteiger partial charge in [-0.05, 0) is 53.4 Å². The molecule has 1 aliphatic rings. The van der Waals surface area contributed by atoms with Gasteiger partial charge >= 0.3 is 6.03 Å². The van der Waals surface area contributed by atoms with E-state index in [-0.39, 0.29) is 6.03 Å². The number of hydrogen-bond donors (Lipinski definition) is 2. The van der Waals surface area contributed by atoms with Gasteiger partial charge in [0.2, 0.25) is 0 Å². The molecule has 1 aliphatic heterocycles. The Labute approximate surface area is 171 Å². The Morgan fingerprint density at radius 3 is 2.59 bits per heavy atom. The van der Waals surface area contributed by atoms with Crippen LogP contribution in [-0.2, 0) is 6.42 Å². The highest BCUT2D eigenvalue weighted by Gasteiger charge is 2.16. The maximum absolute atomic E-state index is 12.4. The van der Waals surface area contributed by atoms with E-state index in [1.165, 1.54) is 10.9 Å². The summed E-state index contributed by atoms with van der Waals surface area (Å²) in [5.41, 5.74) is 2.12. The van der Waals surface area contributed by atoms with Crippen LogP contribution >= 0.6 is 0 Å². The largest absolute Gasteiger partial charge is 0.494 e. The fraction of sp³-hybridized carbons (Fsp3) is 0.292. The van der Waals surface area contributed by atoms with Crippen LogP contribution in [-0.4, -0.2) is 43.7 Å². The third kappa shape index (κ3) is 5.27. The topological polar surface area (TPSA) is 53.6 Å². The van der Waals surface area contributed by atoms with Crippen LogP contribution < -0.4 is 15.4 Å². The number of amides is 2. The molecule has 0 bridgehead atoms. The minimum absolute atomic E-state index is 0.0277. The third-order valence-electron chi connectivity index (χ3n) is 5.18. The third-order valence-corrected chi connectivity index (χ3v) is 5.18. The number of rotatable bonds is 6. The minimum atomic E-state index is -0.0277. The molecule has 0 spiro atoms. The van der Waals surface area contributed by atoms with E-state index in [1.807, 2.05) is 41.3 Å². The van der Waals surface area contributed by atoms with Gasteiger partial charge in [0.25, 0.3) is 0 Å². The second-order valence-corrected chi connectivity index (χ2v) is 7.33. The van der Waals surface area contributed by atoms with Gasteiger partial charge in [-0.15, -0.1) is 0 Å². The summed E-state index contributed by atoms with van der Waals surface area (Å²) in [4.78, 5) is 14.3. The lowest BCUT2D eigenvalue weighted by Gasteiger charge is -2.27. The molecule has 0 aromatic heterocycles. The standard InChI is InChI=1S/C24H27N3O2/c28-24(27-14-12-25-13-15-27)26-22-11-10-20-9-8-19(17-21(20)18-22)5-4-16-29-23-6-2-1-3-7-23/h1-3,6-11,17-18,25H,4-5,12-16H2,(H,26,28). The number of carbonyl (C=O) groups is 1. The lowest BCUT2D eigenvalue weighted by atomic mass is 10.0. The van der Waals surface area contributed by atoms with Crippen molar-refractivity contribution in [1.29, 1.82) is 0 Å². The van der Waals surface area contributed by atoms with Crippen molar-refractivity contribution in [3.8, 4) is 5.75 Å². The number of hydrogen-bond acceptors (Lipinski definition) is 3. The molecule has 5 heteroatoms. The fourth-order valence-electron chi connectivity index (χ4n) is 3.58. The Hall–Kier alpha value is -3.05. The number of para-hydroxylation sites is 1. The maximum atomic E-state index is 12.4. The van der Waals surface area contributed by atoms with Gasteiger partial charge in [-0.3, -0.25) is 0 Å². The van der Waals surface area contributed by atoms with Gasteiger partial charge in [-0.2, -0.15) is 0 Å². The highest BCUT2D eigenvalue weighted by atomic mass is 16.5. The van der Waals surface area contributed by atoms with E-state index >= 15 is 0 Å². The number of piperazine rings is 1. The first-order valence-corrected chi connectivity index (χ1v) is 10.3. The summed E-state index contributed by atoms with van der Waals surface area (Å²) in [5, 5.41) is 8.61. The van der Waals surface area contributed by atoms with E-state index in [0.29, 0.717) is 6.61 Å². The van der Waals surface area contributed by atoms with E-state index in [1.54, 1.807) is 0 Å². The predicted octanol–water partition coefficient (Wildman–Crippen LogP) is 4.29. The highest BCUT2D eigenvalue weighted by molar-refractivity contribution is 5.93. The van der Waals surface area contributed by atoms with Gasteiger partial charge in [-0.1, -0.05) is 42.5 Å². The number of nitrogens with one attached hydrogen (secondary N) is 2. The lowest BCUT2D eigenvalue weighted by molar-refractivity contribution is 0.204. The number of aryl methyl sites for hydroxylation is 1. The monoisotopic (exact) mass is 389 g/mol. The van der Waals surface area contributed by atoms with Gasteiger partial charge in [0.15, 0.2) is 0 Å². The molecule has 2 amide bonds. The van der Waals surface area contributed by atoms with Gasteiger partial charge in [0.1, 0.15) is 5.75 Å². The molecule has 0 radical (unpaired) electrons. The van der Waals surface area contributed by atoms with Crippen molar-refractivity contribution < 1.29 is 9.53 Å². The number of carbonyl (C=O) groups excluding carboxylic acids is 1. The van der Waals surface area contributed by atoms with E-state index in [9.17, 15) is 4.79 Å². The van der Waals surface area contributed by atoms with Crippen molar-refractivity contribution in [2.24, 2.45) is 0 Å². The molecule has 0 atom stereocenters. The van der Waals surface area contributed by atoms with Crippen LogP contribution in [0.1, 0.15) is 12.0 Å². The summed E-state index contributed by atoms with van der Waals surface area (Å²) < 4.78 is 5.78. The van der Waals surface area contributed by atoms with Gasteiger partial charge in [0, 0.05) is 31.9 Å². The second kappa shape index (κ2) is 9.43. The molecule has 1 saturated heterocycles. The van der Waals surface area contributed by atoms with Gasteiger partial charge in [0.05, 0.1) is 6.61 Å². The molecule has 4 rings (SSSR count). The first-order valence-electron chi connectivity index (χ1n) is 10.3. The Balaban J connectivity index is 1.35. The lowest BCUT2D eigenvalue weighted by Crippen LogP contribution is -2.48. The summed E-state index contributed by atoms with van der Waals surface area (Å²) in [5.74, 6) is 0.913. The summed E-state index contributed by atoms with van der Waals surface area (Å²) in [7, 11) is 0. The Kier molecular flexibility index (Phi) is 6.27. The molecular weight excluding hydrogens is 362 g/mol. The van der Waals surface area contributed by atoms with Crippen molar-refractivity contribution in [2.75, 3.05) is 38.1 Å². The second-order valence-electron chi connectivity index (χ2n) is 7.33. The fourth-order valence-corrected chi connectivity index (χ4v) is 3.58. The number of urea groups is 1. The summed E-state index contributed by atoms with van der Waals surface area (Å²) >= 11 is 0. The zero-order valence-electron chi connectivity index (χ0n) is 16.6. The van der Waals surface area contributed by atoms with Gasteiger partial charge < -0.3 is 20.3 Å². The van der Waals surface area contributed by atoms with Crippen LogP contribution in [0.5, 0.6) is 5.75 Å². The zero-order chi connectivity index (χ0) is 19.9. The zero-order valence-corrected chi connectivity index (χ0v) is 16.6. The van der Waals surface area contributed by atoms with Crippen LogP contribution in [0.3, 0.4) is 0 Å². The summed E-state index contributed by atoms with van der Waals surface area (Å²) in [6.07, 6.45) is 1.92. The number of nitrogens with zero attached hydrogens (tertiary/aromatic N) is 1. The molecule has 0 unspecified atom stereocenters. The quantitative estimate of drug-likeness (QED) is 0.619.